The van der Waals surface area contributed by atoms with Crippen molar-refractivity contribution in [1.82, 2.24) is 9.80 Å². The van der Waals surface area contributed by atoms with Crippen molar-refractivity contribution >= 4 is 23.4 Å². The second-order valence-electron chi connectivity index (χ2n) is 9.13. The van der Waals surface area contributed by atoms with Gasteiger partial charge in [-0.1, -0.05) is 30.9 Å². The van der Waals surface area contributed by atoms with Crippen LogP contribution >= 0.6 is 11.6 Å². The zero-order valence-corrected chi connectivity index (χ0v) is 18.5. The molecule has 1 saturated carbocycles. The van der Waals surface area contributed by atoms with E-state index < -0.39 is 0 Å². The average molecular weight is 433 g/mol. The van der Waals surface area contributed by atoms with E-state index in [1.54, 1.807) is 0 Å². The third-order valence-corrected chi connectivity index (χ3v) is 7.17. The molecule has 0 radical (unpaired) electrons. The Balaban J connectivity index is 1.26. The molecule has 1 aromatic carbocycles. The Morgan fingerprint density at radius 3 is 2.40 bits per heavy atom. The van der Waals surface area contributed by atoms with E-state index in [0.29, 0.717) is 30.3 Å². The fourth-order valence-electron chi connectivity index (χ4n) is 5.13. The topological polar surface area (TPSA) is 49.9 Å². The summed E-state index contributed by atoms with van der Waals surface area (Å²) in [5, 5.41) is 0.700. The maximum Gasteiger partial charge on any atom is 0.227 e. The van der Waals surface area contributed by atoms with Crippen molar-refractivity contribution in [1.29, 1.82) is 0 Å². The summed E-state index contributed by atoms with van der Waals surface area (Å²) in [4.78, 5) is 29.5. The number of piperidine rings is 2. The van der Waals surface area contributed by atoms with Gasteiger partial charge in [-0.15, -0.1) is 0 Å². The van der Waals surface area contributed by atoms with Gasteiger partial charge in [0.1, 0.15) is 11.9 Å². The molecule has 3 fully saturated rings. The van der Waals surface area contributed by atoms with Crippen molar-refractivity contribution < 1.29 is 14.3 Å². The first-order valence-corrected chi connectivity index (χ1v) is 11.9. The summed E-state index contributed by atoms with van der Waals surface area (Å²) in [6.45, 7) is 2.91. The zero-order valence-electron chi connectivity index (χ0n) is 17.7. The standard InChI is InChI=1S/C24H33ClN2O3/c25-20-7-9-21(10-8-20)30-22-12-14-26(15-13-22)24(29)19-6-11-23(28)27(17-19)16-18-4-2-1-3-5-18/h7-10,18-19,22H,1-6,11-17H2. The molecule has 1 aromatic rings. The number of ether oxygens (including phenoxy) is 1. The molecule has 0 spiro atoms. The summed E-state index contributed by atoms with van der Waals surface area (Å²) in [5.41, 5.74) is 0. The third-order valence-electron chi connectivity index (χ3n) is 6.92. The van der Waals surface area contributed by atoms with Crippen LogP contribution in [-0.4, -0.2) is 53.9 Å². The number of carbonyl (C=O) groups excluding carboxylic acids is 2. The van der Waals surface area contributed by atoms with E-state index in [1.165, 1.54) is 32.1 Å². The molecule has 0 bridgehead atoms. The molecule has 6 heteroatoms. The molecule has 1 unspecified atom stereocenters. The SMILES string of the molecule is O=C1CCC(C(=O)N2CCC(Oc3ccc(Cl)cc3)CC2)CN1CC1CCCCC1. The lowest BCUT2D eigenvalue weighted by Gasteiger charge is -2.39. The van der Waals surface area contributed by atoms with Crippen LogP contribution in [0.4, 0.5) is 0 Å². The minimum absolute atomic E-state index is 0.0416. The van der Waals surface area contributed by atoms with Gasteiger partial charge in [0.2, 0.25) is 11.8 Å². The van der Waals surface area contributed by atoms with E-state index in [1.807, 2.05) is 34.1 Å². The van der Waals surface area contributed by atoms with Gasteiger partial charge >= 0.3 is 0 Å². The minimum Gasteiger partial charge on any atom is -0.490 e. The second kappa shape index (κ2) is 10.0. The van der Waals surface area contributed by atoms with Gasteiger partial charge < -0.3 is 14.5 Å². The molecule has 0 aromatic heterocycles. The molecule has 2 aliphatic heterocycles. The first kappa shape index (κ1) is 21.5. The Bertz CT molecular complexity index is 724. The molecular weight excluding hydrogens is 400 g/mol. The Morgan fingerprint density at radius 2 is 1.70 bits per heavy atom. The summed E-state index contributed by atoms with van der Waals surface area (Å²) in [5.74, 6) is 1.87. The van der Waals surface area contributed by atoms with Crippen LogP contribution in [0, 0.1) is 11.8 Å². The molecule has 2 amide bonds. The molecule has 0 N–H and O–H groups in total. The predicted molar refractivity (Wildman–Crippen MR) is 118 cm³/mol. The van der Waals surface area contributed by atoms with E-state index in [9.17, 15) is 9.59 Å². The first-order chi connectivity index (χ1) is 14.6. The Morgan fingerprint density at radius 1 is 1.00 bits per heavy atom. The molecule has 5 nitrogen and oxygen atoms in total. The number of halogens is 1. The molecular formula is C24H33ClN2O3. The van der Waals surface area contributed by atoms with Crippen molar-refractivity contribution in [2.75, 3.05) is 26.2 Å². The zero-order chi connectivity index (χ0) is 20.9. The average Bonchev–Trinajstić information content (AvgIpc) is 2.78. The van der Waals surface area contributed by atoms with Crippen LogP contribution in [-0.2, 0) is 9.59 Å². The van der Waals surface area contributed by atoms with E-state index in [2.05, 4.69) is 0 Å². The number of likely N-dealkylation sites (tertiary alicyclic amines) is 2. The van der Waals surface area contributed by atoms with Crippen LogP contribution in [0.3, 0.4) is 0 Å². The number of hydrogen-bond acceptors (Lipinski definition) is 3. The summed E-state index contributed by atoms with van der Waals surface area (Å²) < 4.78 is 6.05. The van der Waals surface area contributed by atoms with Crippen molar-refractivity contribution in [2.45, 2.75) is 63.9 Å². The van der Waals surface area contributed by atoms with E-state index in [-0.39, 0.29) is 23.8 Å². The molecule has 4 rings (SSSR count). The molecule has 1 aliphatic carbocycles. The number of benzene rings is 1. The summed E-state index contributed by atoms with van der Waals surface area (Å²) in [6, 6.07) is 7.44. The largest absolute Gasteiger partial charge is 0.490 e. The van der Waals surface area contributed by atoms with E-state index in [0.717, 1.165) is 38.2 Å². The molecule has 30 heavy (non-hydrogen) atoms. The predicted octanol–water partition coefficient (Wildman–Crippen LogP) is 4.53. The highest BCUT2D eigenvalue weighted by Gasteiger charge is 2.35. The molecule has 2 saturated heterocycles. The highest BCUT2D eigenvalue weighted by Crippen LogP contribution is 2.28. The number of amides is 2. The van der Waals surface area contributed by atoms with Crippen LogP contribution in [0.2, 0.25) is 5.02 Å². The number of carbonyl (C=O) groups is 2. The van der Waals surface area contributed by atoms with Crippen molar-refractivity contribution in [3.05, 3.63) is 29.3 Å². The minimum atomic E-state index is -0.0416. The third kappa shape index (κ3) is 5.48. The fourth-order valence-corrected chi connectivity index (χ4v) is 5.26. The Kier molecular flexibility index (Phi) is 7.19. The summed E-state index contributed by atoms with van der Waals surface area (Å²) in [6.07, 6.45) is 9.35. The number of nitrogens with zero attached hydrogens (tertiary/aromatic N) is 2. The van der Waals surface area contributed by atoms with Crippen molar-refractivity contribution in [3.63, 3.8) is 0 Å². The Labute approximate surface area is 184 Å². The van der Waals surface area contributed by atoms with Crippen LogP contribution in [0.5, 0.6) is 5.75 Å². The van der Waals surface area contributed by atoms with Crippen molar-refractivity contribution in [2.24, 2.45) is 11.8 Å². The first-order valence-electron chi connectivity index (χ1n) is 11.6. The molecule has 164 valence electrons. The molecule has 1 atom stereocenters. The maximum absolute atomic E-state index is 13.1. The van der Waals surface area contributed by atoms with Crippen LogP contribution in [0.1, 0.15) is 57.8 Å². The highest BCUT2D eigenvalue weighted by molar-refractivity contribution is 6.30. The maximum atomic E-state index is 13.1. The number of hydrogen-bond donors (Lipinski definition) is 0. The van der Waals surface area contributed by atoms with Crippen LogP contribution in [0.25, 0.3) is 0 Å². The second-order valence-corrected chi connectivity index (χ2v) is 9.57. The van der Waals surface area contributed by atoms with Gasteiger partial charge in [0.15, 0.2) is 0 Å². The van der Waals surface area contributed by atoms with E-state index in [4.69, 9.17) is 16.3 Å². The lowest BCUT2D eigenvalue weighted by Crippen LogP contribution is -2.50. The quantitative estimate of drug-likeness (QED) is 0.686. The van der Waals surface area contributed by atoms with Crippen molar-refractivity contribution in [3.8, 4) is 5.75 Å². The normalized spacial score (nSPS) is 24.2. The summed E-state index contributed by atoms with van der Waals surface area (Å²) >= 11 is 5.93. The highest BCUT2D eigenvalue weighted by atomic mass is 35.5. The van der Waals surface area contributed by atoms with Gasteiger partial charge in [-0.2, -0.15) is 0 Å². The van der Waals surface area contributed by atoms with Gasteiger partial charge in [-0.3, -0.25) is 9.59 Å². The Hall–Kier alpha value is -1.75. The fraction of sp³-hybridized carbons (Fsp3) is 0.667. The van der Waals surface area contributed by atoms with Crippen LogP contribution in [0.15, 0.2) is 24.3 Å². The smallest absolute Gasteiger partial charge is 0.227 e. The van der Waals surface area contributed by atoms with Crippen LogP contribution < -0.4 is 4.74 Å². The monoisotopic (exact) mass is 432 g/mol. The number of rotatable bonds is 5. The van der Waals surface area contributed by atoms with Gasteiger partial charge in [-0.25, -0.2) is 0 Å². The van der Waals surface area contributed by atoms with Gasteiger partial charge in [0.05, 0.1) is 5.92 Å². The van der Waals surface area contributed by atoms with Gasteiger partial charge in [-0.05, 0) is 49.4 Å². The molecule has 2 heterocycles. The van der Waals surface area contributed by atoms with Gasteiger partial charge in [0, 0.05) is 50.5 Å². The molecule has 3 aliphatic rings. The van der Waals surface area contributed by atoms with Gasteiger partial charge in [0.25, 0.3) is 0 Å². The summed E-state index contributed by atoms with van der Waals surface area (Å²) in [7, 11) is 0. The lowest BCUT2D eigenvalue weighted by molar-refractivity contribution is -0.144. The lowest BCUT2D eigenvalue weighted by atomic mass is 9.87. The van der Waals surface area contributed by atoms with E-state index >= 15 is 0 Å².